The Balaban J connectivity index is 2.14. The second-order valence-electron chi connectivity index (χ2n) is 8.17. The van der Waals surface area contributed by atoms with Gasteiger partial charge in [-0.2, -0.15) is 0 Å². The number of nitrogens with two attached hydrogens (primary N) is 1. The third kappa shape index (κ3) is 5.45. The molecule has 2 aromatic carbocycles. The number of methoxy groups -OCH3 is 1. The fraction of sp³-hybridized carbons (Fsp3) is 0.273. The summed E-state index contributed by atoms with van der Waals surface area (Å²) in [6, 6.07) is 7.76. The standard InChI is InChI=1S/C22H23F2N3O5S2/c1-22(2,3)32-21(28)19-20(33-12-26-19)27(11-13-5-7-14(31-4)8-6-13)34(29,30)15-9-16(23)18(25)17(24)10-15/h5-10,12H,11,25H2,1-4H3. The molecule has 3 rings (SSSR count). The van der Waals surface area contributed by atoms with Crippen molar-refractivity contribution in [2.45, 2.75) is 37.8 Å². The smallest absolute Gasteiger partial charge is 0.360 e. The Kier molecular flexibility index (Phi) is 7.13. The largest absolute Gasteiger partial charge is 0.497 e. The number of thiazole rings is 1. The quantitative estimate of drug-likeness (QED) is 0.370. The Morgan fingerprint density at radius 3 is 2.26 bits per heavy atom. The molecule has 0 amide bonds. The van der Waals surface area contributed by atoms with Gasteiger partial charge in [0.05, 0.1) is 24.1 Å². The van der Waals surface area contributed by atoms with Crippen LogP contribution in [0.25, 0.3) is 0 Å². The van der Waals surface area contributed by atoms with E-state index in [2.05, 4.69) is 4.98 Å². The molecule has 8 nitrogen and oxygen atoms in total. The molecule has 0 aliphatic heterocycles. The Bertz CT molecular complexity index is 1280. The molecular formula is C22H23F2N3O5S2. The number of benzene rings is 2. The molecule has 2 N–H and O–H groups in total. The number of hydrogen-bond acceptors (Lipinski definition) is 8. The van der Waals surface area contributed by atoms with Crippen LogP contribution < -0.4 is 14.8 Å². The van der Waals surface area contributed by atoms with Crippen LogP contribution in [0, 0.1) is 11.6 Å². The average Bonchev–Trinajstić information content (AvgIpc) is 3.24. The summed E-state index contributed by atoms with van der Waals surface area (Å²) in [4.78, 5) is 16.1. The lowest BCUT2D eigenvalue weighted by molar-refractivity contribution is 0.00646. The number of aromatic nitrogens is 1. The van der Waals surface area contributed by atoms with Crippen molar-refractivity contribution in [1.29, 1.82) is 0 Å². The molecule has 0 saturated carbocycles. The SMILES string of the molecule is COc1ccc(CN(c2scnc2C(=O)OC(C)(C)C)S(=O)(=O)c2cc(F)c(N)c(F)c2)cc1. The number of halogens is 2. The molecule has 182 valence electrons. The van der Waals surface area contributed by atoms with Gasteiger partial charge in [0.2, 0.25) is 0 Å². The van der Waals surface area contributed by atoms with Gasteiger partial charge in [-0.05, 0) is 50.6 Å². The summed E-state index contributed by atoms with van der Waals surface area (Å²) >= 11 is 0.870. The second kappa shape index (κ2) is 9.55. The first-order valence-electron chi connectivity index (χ1n) is 9.90. The third-order valence-electron chi connectivity index (χ3n) is 4.49. The first-order chi connectivity index (χ1) is 15.8. The summed E-state index contributed by atoms with van der Waals surface area (Å²) in [5, 5.41) is -0.0669. The minimum Gasteiger partial charge on any atom is -0.497 e. The molecule has 1 heterocycles. The van der Waals surface area contributed by atoms with E-state index in [1.54, 1.807) is 45.0 Å². The van der Waals surface area contributed by atoms with Crippen LogP contribution in [-0.2, 0) is 21.3 Å². The van der Waals surface area contributed by atoms with E-state index >= 15 is 0 Å². The molecule has 0 aliphatic rings. The first-order valence-corrected chi connectivity index (χ1v) is 12.2. The van der Waals surface area contributed by atoms with E-state index in [1.165, 1.54) is 12.6 Å². The van der Waals surface area contributed by atoms with Crippen LogP contribution in [0.2, 0.25) is 0 Å². The number of carbonyl (C=O) groups excluding carboxylic acids is 1. The fourth-order valence-electron chi connectivity index (χ4n) is 2.88. The van der Waals surface area contributed by atoms with Crippen LogP contribution in [0.3, 0.4) is 0 Å². The molecule has 3 aromatic rings. The zero-order chi connectivity index (χ0) is 25.3. The zero-order valence-corrected chi connectivity index (χ0v) is 20.5. The van der Waals surface area contributed by atoms with E-state index in [1.807, 2.05) is 0 Å². The lowest BCUT2D eigenvalue weighted by Crippen LogP contribution is -2.32. The molecule has 1 aromatic heterocycles. The zero-order valence-electron chi connectivity index (χ0n) is 18.8. The number of rotatable bonds is 7. The van der Waals surface area contributed by atoms with Gasteiger partial charge < -0.3 is 15.2 Å². The van der Waals surface area contributed by atoms with E-state index in [-0.39, 0.29) is 17.2 Å². The van der Waals surface area contributed by atoms with Crippen molar-refractivity contribution in [2.24, 2.45) is 0 Å². The van der Waals surface area contributed by atoms with Gasteiger partial charge in [-0.3, -0.25) is 4.31 Å². The highest BCUT2D eigenvalue weighted by Gasteiger charge is 2.33. The number of sulfonamides is 1. The predicted octanol–water partition coefficient (Wildman–Crippen LogP) is 4.36. The van der Waals surface area contributed by atoms with Crippen molar-refractivity contribution in [2.75, 3.05) is 17.1 Å². The van der Waals surface area contributed by atoms with Gasteiger partial charge in [0, 0.05) is 0 Å². The molecule has 0 atom stereocenters. The number of hydrogen-bond donors (Lipinski definition) is 1. The van der Waals surface area contributed by atoms with Gasteiger partial charge in [0.1, 0.15) is 33.7 Å². The monoisotopic (exact) mass is 511 g/mol. The number of nitrogens with zero attached hydrogens (tertiary/aromatic N) is 2. The number of nitrogen functional groups attached to an aromatic ring is 1. The summed E-state index contributed by atoms with van der Waals surface area (Å²) < 4.78 is 66.8. The minimum atomic E-state index is -4.57. The average molecular weight is 512 g/mol. The number of anilines is 2. The maximum atomic E-state index is 14.1. The van der Waals surface area contributed by atoms with E-state index in [0.29, 0.717) is 23.4 Å². The lowest BCUT2D eigenvalue weighted by atomic mass is 10.2. The van der Waals surface area contributed by atoms with Crippen LogP contribution >= 0.6 is 11.3 Å². The second-order valence-corrected chi connectivity index (χ2v) is 10.9. The number of esters is 1. The molecule has 12 heteroatoms. The van der Waals surface area contributed by atoms with Crippen LogP contribution in [0.15, 0.2) is 46.8 Å². The van der Waals surface area contributed by atoms with Gasteiger partial charge in [0.15, 0.2) is 5.69 Å². The Labute approximate surface area is 200 Å². The highest BCUT2D eigenvalue weighted by Crippen LogP contribution is 2.34. The van der Waals surface area contributed by atoms with E-state index in [0.717, 1.165) is 15.6 Å². The molecule has 0 saturated heterocycles. The van der Waals surface area contributed by atoms with Crippen molar-refractivity contribution in [1.82, 2.24) is 4.98 Å². The van der Waals surface area contributed by atoms with Gasteiger partial charge in [0.25, 0.3) is 10.0 Å². The topological polar surface area (TPSA) is 112 Å². The van der Waals surface area contributed by atoms with Gasteiger partial charge >= 0.3 is 5.97 Å². The van der Waals surface area contributed by atoms with Crippen molar-refractivity contribution < 1.29 is 31.5 Å². The van der Waals surface area contributed by atoms with Gasteiger partial charge in [-0.1, -0.05) is 12.1 Å². The maximum absolute atomic E-state index is 14.1. The number of ether oxygens (including phenoxy) is 2. The summed E-state index contributed by atoms with van der Waals surface area (Å²) in [7, 11) is -3.08. The van der Waals surface area contributed by atoms with Crippen molar-refractivity contribution in [3.8, 4) is 5.75 Å². The summed E-state index contributed by atoms with van der Waals surface area (Å²) in [5.41, 5.74) is 5.20. The van der Waals surface area contributed by atoms with E-state index in [4.69, 9.17) is 15.2 Å². The van der Waals surface area contributed by atoms with Crippen LogP contribution in [-0.4, -0.2) is 32.1 Å². The molecule has 0 spiro atoms. The molecule has 0 aliphatic carbocycles. The van der Waals surface area contributed by atoms with Crippen LogP contribution in [0.4, 0.5) is 19.5 Å². The van der Waals surface area contributed by atoms with Crippen LogP contribution in [0.5, 0.6) is 5.75 Å². The molecule has 34 heavy (non-hydrogen) atoms. The highest BCUT2D eigenvalue weighted by atomic mass is 32.2. The normalized spacial score (nSPS) is 11.8. The molecule has 0 bridgehead atoms. The van der Waals surface area contributed by atoms with Gasteiger partial charge in [-0.25, -0.2) is 27.0 Å². The molecule has 0 radical (unpaired) electrons. The molecular weight excluding hydrogens is 488 g/mol. The van der Waals surface area contributed by atoms with E-state index < -0.39 is 43.8 Å². The predicted molar refractivity (Wildman–Crippen MR) is 124 cm³/mol. The first kappa shape index (κ1) is 25.4. The summed E-state index contributed by atoms with van der Waals surface area (Å²) in [6.07, 6.45) is 0. The van der Waals surface area contributed by atoms with Crippen molar-refractivity contribution >= 4 is 38.0 Å². The lowest BCUT2D eigenvalue weighted by Gasteiger charge is -2.25. The van der Waals surface area contributed by atoms with E-state index in [9.17, 15) is 22.0 Å². The molecule has 0 unspecified atom stereocenters. The third-order valence-corrected chi connectivity index (χ3v) is 7.18. The van der Waals surface area contributed by atoms with Crippen LogP contribution in [0.1, 0.15) is 36.8 Å². The minimum absolute atomic E-state index is 0.0669. The summed E-state index contributed by atoms with van der Waals surface area (Å²) in [5.74, 6) is -2.74. The van der Waals surface area contributed by atoms with Crippen molar-refractivity contribution in [3.63, 3.8) is 0 Å². The molecule has 0 fully saturated rings. The maximum Gasteiger partial charge on any atom is 0.360 e. The van der Waals surface area contributed by atoms with Crippen molar-refractivity contribution in [3.05, 3.63) is 64.8 Å². The Hall–Kier alpha value is -3.25. The Morgan fingerprint density at radius 1 is 1.15 bits per heavy atom. The Morgan fingerprint density at radius 2 is 1.74 bits per heavy atom. The summed E-state index contributed by atoms with van der Waals surface area (Å²) in [6.45, 7) is 4.70. The van der Waals surface area contributed by atoms with Gasteiger partial charge in [-0.15, -0.1) is 11.3 Å². The highest BCUT2D eigenvalue weighted by molar-refractivity contribution is 7.93. The fourth-order valence-corrected chi connectivity index (χ4v) is 5.38. The number of carbonyl (C=O) groups is 1.